The average molecular weight is 167 g/mol. The highest BCUT2D eigenvalue weighted by Crippen LogP contribution is 2.18. The normalized spacial score (nSPS) is 12.7. The van der Waals surface area contributed by atoms with Crippen molar-refractivity contribution in [1.29, 1.82) is 0 Å². The van der Waals surface area contributed by atoms with Crippen LogP contribution in [0.2, 0.25) is 0 Å². The summed E-state index contributed by atoms with van der Waals surface area (Å²) in [7, 11) is 0. The van der Waals surface area contributed by atoms with Crippen LogP contribution in [0, 0.1) is 11.8 Å². The molecule has 0 radical (unpaired) electrons. The predicted octanol–water partition coefficient (Wildman–Crippen LogP) is 3.66. The third-order valence-electron chi connectivity index (χ3n) is 2.01. The second kappa shape index (κ2) is 5.99. The van der Waals surface area contributed by atoms with Gasteiger partial charge in [0, 0.05) is 6.20 Å². The SMILES string of the molecule is C=N/C=C(\CCC(C)C)C(C)C. The fourth-order valence-electron chi connectivity index (χ4n) is 1.07. The van der Waals surface area contributed by atoms with Crippen molar-refractivity contribution in [3.8, 4) is 0 Å². The first-order valence-corrected chi connectivity index (χ1v) is 4.72. The number of aliphatic imine (C=N–C) groups is 1. The van der Waals surface area contributed by atoms with Gasteiger partial charge in [0.05, 0.1) is 0 Å². The second-order valence-electron chi connectivity index (χ2n) is 3.97. The Morgan fingerprint density at radius 1 is 1.33 bits per heavy atom. The van der Waals surface area contributed by atoms with Crippen molar-refractivity contribution in [2.75, 3.05) is 0 Å². The van der Waals surface area contributed by atoms with Crippen molar-refractivity contribution in [2.24, 2.45) is 16.8 Å². The summed E-state index contributed by atoms with van der Waals surface area (Å²) < 4.78 is 0. The fraction of sp³-hybridized carbons (Fsp3) is 0.727. The zero-order chi connectivity index (χ0) is 9.56. The van der Waals surface area contributed by atoms with Crippen LogP contribution in [0.15, 0.2) is 16.8 Å². The van der Waals surface area contributed by atoms with Gasteiger partial charge in [0.2, 0.25) is 0 Å². The summed E-state index contributed by atoms with van der Waals surface area (Å²) in [6.07, 6.45) is 4.32. The Bertz CT molecular complexity index is 154. The lowest BCUT2D eigenvalue weighted by Crippen LogP contribution is -1.96. The molecule has 0 aliphatic rings. The van der Waals surface area contributed by atoms with Crippen molar-refractivity contribution >= 4 is 6.72 Å². The van der Waals surface area contributed by atoms with E-state index in [4.69, 9.17) is 0 Å². The molecule has 0 heterocycles. The number of rotatable bonds is 5. The molecule has 0 N–H and O–H groups in total. The first-order valence-electron chi connectivity index (χ1n) is 4.72. The van der Waals surface area contributed by atoms with E-state index >= 15 is 0 Å². The lowest BCUT2D eigenvalue weighted by molar-refractivity contribution is 0.559. The highest BCUT2D eigenvalue weighted by Gasteiger charge is 2.03. The summed E-state index contributed by atoms with van der Waals surface area (Å²) in [6, 6.07) is 0. The monoisotopic (exact) mass is 167 g/mol. The molecule has 0 saturated heterocycles. The van der Waals surface area contributed by atoms with E-state index in [1.54, 1.807) is 0 Å². The maximum Gasteiger partial charge on any atom is 0.0255 e. The quantitative estimate of drug-likeness (QED) is 0.554. The molecule has 0 fully saturated rings. The maximum atomic E-state index is 3.82. The molecule has 0 aromatic heterocycles. The molecule has 0 atom stereocenters. The summed E-state index contributed by atoms with van der Waals surface area (Å²) >= 11 is 0. The molecule has 12 heavy (non-hydrogen) atoms. The molecular formula is C11H21N. The van der Waals surface area contributed by atoms with E-state index in [0.29, 0.717) is 5.92 Å². The third-order valence-corrected chi connectivity index (χ3v) is 2.01. The van der Waals surface area contributed by atoms with Gasteiger partial charge in [-0.15, -0.1) is 0 Å². The summed E-state index contributed by atoms with van der Waals surface area (Å²) in [6.45, 7) is 12.4. The van der Waals surface area contributed by atoms with Crippen molar-refractivity contribution in [2.45, 2.75) is 40.5 Å². The molecule has 70 valence electrons. The molecule has 0 unspecified atom stereocenters. The average Bonchev–Trinajstić information content (AvgIpc) is 1.96. The Morgan fingerprint density at radius 2 is 1.92 bits per heavy atom. The van der Waals surface area contributed by atoms with Gasteiger partial charge in [0.25, 0.3) is 0 Å². The van der Waals surface area contributed by atoms with Crippen molar-refractivity contribution in [1.82, 2.24) is 0 Å². The van der Waals surface area contributed by atoms with Crippen LogP contribution in [-0.4, -0.2) is 6.72 Å². The van der Waals surface area contributed by atoms with Gasteiger partial charge in [-0.25, -0.2) is 0 Å². The van der Waals surface area contributed by atoms with E-state index in [0.717, 1.165) is 12.3 Å². The van der Waals surface area contributed by atoms with Crippen LogP contribution in [0.1, 0.15) is 40.5 Å². The van der Waals surface area contributed by atoms with Crippen LogP contribution in [0.25, 0.3) is 0 Å². The molecule has 0 aromatic carbocycles. The first-order chi connectivity index (χ1) is 5.57. The zero-order valence-corrected chi connectivity index (χ0v) is 8.80. The Balaban J connectivity index is 3.97. The van der Waals surface area contributed by atoms with Gasteiger partial charge in [0.15, 0.2) is 0 Å². The van der Waals surface area contributed by atoms with Crippen molar-refractivity contribution < 1.29 is 0 Å². The number of allylic oxidation sites excluding steroid dienone is 1. The predicted molar refractivity (Wildman–Crippen MR) is 56.5 cm³/mol. The van der Waals surface area contributed by atoms with Gasteiger partial charge < -0.3 is 0 Å². The first kappa shape index (κ1) is 11.4. The van der Waals surface area contributed by atoms with Crippen LogP contribution < -0.4 is 0 Å². The molecule has 0 spiro atoms. The summed E-state index contributed by atoms with van der Waals surface area (Å²) in [5.74, 6) is 1.38. The second-order valence-corrected chi connectivity index (χ2v) is 3.97. The Kier molecular flexibility index (Phi) is 5.69. The highest BCUT2D eigenvalue weighted by molar-refractivity contribution is 5.26. The van der Waals surface area contributed by atoms with E-state index < -0.39 is 0 Å². The lowest BCUT2D eigenvalue weighted by Gasteiger charge is -2.11. The van der Waals surface area contributed by atoms with E-state index in [1.807, 2.05) is 6.20 Å². The Morgan fingerprint density at radius 3 is 2.25 bits per heavy atom. The van der Waals surface area contributed by atoms with E-state index in [1.165, 1.54) is 12.0 Å². The molecule has 0 aliphatic heterocycles. The third kappa shape index (κ3) is 5.11. The fourth-order valence-corrected chi connectivity index (χ4v) is 1.07. The number of hydrogen-bond acceptors (Lipinski definition) is 1. The molecule has 0 aromatic rings. The van der Waals surface area contributed by atoms with Crippen LogP contribution >= 0.6 is 0 Å². The summed E-state index contributed by atoms with van der Waals surface area (Å²) in [5, 5.41) is 0. The molecule has 0 saturated carbocycles. The maximum absolute atomic E-state index is 3.82. The van der Waals surface area contributed by atoms with Crippen LogP contribution in [0.4, 0.5) is 0 Å². The molecule has 0 amide bonds. The minimum atomic E-state index is 0.606. The van der Waals surface area contributed by atoms with Crippen molar-refractivity contribution in [3.63, 3.8) is 0 Å². The van der Waals surface area contributed by atoms with E-state index in [-0.39, 0.29) is 0 Å². The van der Waals surface area contributed by atoms with Gasteiger partial charge >= 0.3 is 0 Å². The standard InChI is InChI=1S/C11H21N/c1-9(2)6-7-11(8-12-5)10(3)4/h8-10H,5-7H2,1-4H3/b11-8+. The molecular weight excluding hydrogens is 146 g/mol. The topological polar surface area (TPSA) is 12.4 Å². The minimum Gasteiger partial charge on any atom is -0.273 e. The van der Waals surface area contributed by atoms with Crippen LogP contribution in [0.5, 0.6) is 0 Å². The van der Waals surface area contributed by atoms with Gasteiger partial charge in [-0.3, -0.25) is 4.99 Å². The molecule has 0 aliphatic carbocycles. The zero-order valence-electron chi connectivity index (χ0n) is 8.80. The van der Waals surface area contributed by atoms with Gasteiger partial charge in [0.1, 0.15) is 0 Å². The molecule has 1 heteroatoms. The Labute approximate surface area is 76.6 Å². The van der Waals surface area contributed by atoms with Crippen molar-refractivity contribution in [3.05, 3.63) is 11.8 Å². The molecule has 1 nitrogen and oxygen atoms in total. The minimum absolute atomic E-state index is 0.606. The summed E-state index contributed by atoms with van der Waals surface area (Å²) in [5.41, 5.74) is 1.42. The van der Waals surface area contributed by atoms with Gasteiger partial charge in [-0.05, 0) is 37.0 Å². The van der Waals surface area contributed by atoms with E-state index in [2.05, 4.69) is 39.4 Å². The number of nitrogens with zero attached hydrogens (tertiary/aromatic N) is 1. The largest absolute Gasteiger partial charge is 0.273 e. The van der Waals surface area contributed by atoms with Crippen LogP contribution in [0.3, 0.4) is 0 Å². The van der Waals surface area contributed by atoms with Gasteiger partial charge in [-0.2, -0.15) is 0 Å². The van der Waals surface area contributed by atoms with Crippen LogP contribution in [-0.2, 0) is 0 Å². The number of hydrogen-bond donors (Lipinski definition) is 0. The van der Waals surface area contributed by atoms with Gasteiger partial charge in [-0.1, -0.05) is 27.7 Å². The molecule has 0 rings (SSSR count). The summed E-state index contributed by atoms with van der Waals surface area (Å²) in [4.78, 5) is 3.82. The Hall–Kier alpha value is -0.590. The highest BCUT2D eigenvalue weighted by atomic mass is 14.6. The smallest absolute Gasteiger partial charge is 0.0255 e. The lowest BCUT2D eigenvalue weighted by atomic mass is 9.96. The molecule has 0 bridgehead atoms. The van der Waals surface area contributed by atoms with E-state index in [9.17, 15) is 0 Å².